The van der Waals surface area contributed by atoms with Crippen molar-refractivity contribution in [3.8, 4) is 28.3 Å². The fraction of sp³-hybridized carbons (Fsp3) is 0.174. The Bertz CT molecular complexity index is 1330. The molecule has 2 aromatic carbocycles. The van der Waals surface area contributed by atoms with Gasteiger partial charge in [-0.1, -0.05) is 12.1 Å². The molecule has 4 rings (SSSR count). The summed E-state index contributed by atoms with van der Waals surface area (Å²) in [5.41, 5.74) is 1.27. The molecule has 2 aromatic heterocycles. The normalized spacial score (nSPS) is 11.4. The number of nitrogens with zero attached hydrogens (tertiary/aromatic N) is 3. The summed E-state index contributed by atoms with van der Waals surface area (Å²) in [5, 5.41) is 2.64. The molecule has 0 unspecified atom stereocenters. The Balaban J connectivity index is 1.92. The van der Waals surface area contributed by atoms with Crippen molar-refractivity contribution >= 4 is 17.0 Å². The number of halogens is 3. The molecular formula is C23H19F3N4O3. The van der Waals surface area contributed by atoms with E-state index in [1.165, 1.54) is 17.9 Å². The zero-order chi connectivity index (χ0) is 23.6. The predicted octanol–water partition coefficient (Wildman–Crippen LogP) is 4.44. The number of ether oxygens (including phenoxy) is 2. The molecule has 0 aliphatic rings. The van der Waals surface area contributed by atoms with Crippen molar-refractivity contribution < 1.29 is 22.6 Å². The summed E-state index contributed by atoms with van der Waals surface area (Å²) in [5.74, 6) is 0.988. The molecule has 10 heteroatoms. The molecule has 7 nitrogen and oxygen atoms in total. The molecule has 0 fully saturated rings. The number of anilines is 1. The van der Waals surface area contributed by atoms with Gasteiger partial charge < -0.3 is 14.8 Å². The molecule has 0 saturated heterocycles. The monoisotopic (exact) mass is 456 g/mol. The number of nitrogens with one attached hydrogen (secondary N) is 1. The average molecular weight is 456 g/mol. The third kappa shape index (κ3) is 4.74. The van der Waals surface area contributed by atoms with Gasteiger partial charge in [-0.15, -0.1) is 0 Å². The Morgan fingerprint density at radius 2 is 1.58 bits per heavy atom. The maximum atomic E-state index is 13.6. The first kappa shape index (κ1) is 22.1. The Morgan fingerprint density at radius 1 is 0.970 bits per heavy atom. The average Bonchev–Trinajstić information content (AvgIpc) is 2.82. The lowest BCUT2D eigenvalue weighted by Crippen LogP contribution is -2.24. The number of fused-ring (bicyclic) bond motifs is 1. The number of hydrogen-bond donors (Lipinski definition) is 1. The van der Waals surface area contributed by atoms with E-state index in [0.29, 0.717) is 33.7 Å². The topological polar surface area (TPSA) is 78.3 Å². The van der Waals surface area contributed by atoms with E-state index in [2.05, 4.69) is 15.3 Å². The maximum Gasteiger partial charge on any atom is 0.405 e. The second-order valence-corrected chi connectivity index (χ2v) is 7.07. The fourth-order valence-corrected chi connectivity index (χ4v) is 3.31. The number of pyridine rings is 1. The van der Waals surface area contributed by atoms with Gasteiger partial charge >= 0.3 is 6.18 Å². The number of alkyl halides is 3. The molecule has 2 heterocycles. The lowest BCUT2D eigenvalue weighted by Gasteiger charge is -2.14. The zero-order valence-corrected chi connectivity index (χ0v) is 17.7. The summed E-state index contributed by atoms with van der Waals surface area (Å²) >= 11 is 0. The Hall–Kier alpha value is -4.08. The lowest BCUT2D eigenvalue weighted by atomic mass is 10.1. The first-order valence-corrected chi connectivity index (χ1v) is 9.81. The van der Waals surface area contributed by atoms with Crippen LogP contribution >= 0.6 is 0 Å². The predicted molar refractivity (Wildman–Crippen MR) is 118 cm³/mol. The minimum Gasteiger partial charge on any atom is -0.497 e. The van der Waals surface area contributed by atoms with Crippen LogP contribution in [0.15, 0.2) is 65.6 Å². The first-order chi connectivity index (χ1) is 15.8. The van der Waals surface area contributed by atoms with Gasteiger partial charge in [-0.05, 0) is 48.0 Å². The van der Waals surface area contributed by atoms with E-state index in [1.807, 2.05) is 0 Å². The molecule has 0 aliphatic heterocycles. The van der Waals surface area contributed by atoms with E-state index in [4.69, 9.17) is 9.47 Å². The van der Waals surface area contributed by atoms with Gasteiger partial charge in [-0.2, -0.15) is 18.2 Å². The first-order valence-electron chi connectivity index (χ1n) is 9.81. The van der Waals surface area contributed by atoms with Gasteiger partial charge in [0.2, 0.25) is 5.95 Å². The third-order valence-corrected chi connectivity index (χ3v) is 4.92. The van der Waals surface area contributed by atoms with Crippen LogP contribution in [0.2, 0.25) is 0 Å². The molecule has 0 saturated carbocycles. The van der Waals surface area contributed by atoms with Gasteiger partial charge in [0.15, 0.2) is 5.65 Å². The van der Waals surface area contributed by atoms with Crippen LogP contribution in [-0.4, -0.2) is 41.5 Å². The van der Waals surface area contributed by atoms with Gasteiger partial charge in [0, 0.05) is 17.1 Å². The summed E-state index contributed by atoms with van der Waals surface area (Å²) < 4.78 is 49.6. The summed E-state index contributed by atoms with van der Waals surface area (Å²) in [6.07, 6.45) is -3.06. The highest BCUT2D eigenvalue weighted by molar-refractivity contribution is 5.83. The van der Waals surface area contributed by atoms with Crippen LogP contribution in [0.4, 0.5) is 19.1 Å². The molecule has 0 bridgehead atoms. The highest BCUT2D eigenvalue weighted by Gasteiger charge is 2.27. The van der Waals surface area contributed by atoms with E-state index in [0.717, 1.165) is 0 Å². The van der Waals surface area contributed by atoms with Crippen LogP contribution in [0.1, 0.15) is 0 Å². The van der Waals surface area contributed by atoms with E-state index >= 15 is 0 Å². The molecule has 0 radical (unpaired) electrons. The fourth-order valence-electron chi connectivity index (χ4n) is 3.31. The second-order valence-electron chi connectivity index (χ2n) is 7.07. The van der Waals surface area contributed by atoms with E-state index < -0.39 is 18.3 Å². The van der Waals surface area contributed by atoms with E-state index in [-0.39, 0.29) is 11.6 Å². The van der Waals surface area contributed by atoms with Gasteiger partial charge in [0.1, 0.15) is 18.0 Å². The largest absolute Gasteiger partial charge is 0.497 e. The second kappa shape index (κ2) is 8.81. The van der Waals surface area contributed by atoms with Crippen molar-refractivity contribution in [2.24, 2.45) is 0 Å². The highest BCUT2D eigenvalue weighted by Crippen LogP contribution is 2.25. The number of aromatic nitrogens is 3. The van der Waals surface area contributed by atoms with Crippen molar-refractivity contribution in [2.75, 3.05) is 26.1 Å². The Morgan fingerprint density at radius 3 is 2.15 bits per heavy atom. The van der Waals surface area contributed by atoms with Crippen LogP contribution in [0, 0.1) is 0 Å². The van der Waals surface area contributed by atoms with E-state index in [1.54, 1.807) is 61.7 Å². The smallest absolute Gasteiger partial charge is 0.405 e. The van der Waals surface area contributed by atoms with Gasteiger partial charge in [0.05, 0.1) is 19.9 Å². The van der Waals surface area contributed by atoms with Crippen molar-refractivity contribution in [3.05, 3.63) is 71.1 Å². The van der Waals surface area contributed by atoms with Crippen LogP contribution in [0.5, 0.6) is 11.5 Å². The molecule has 1 N–H and O–H groups in total. The van der Waals surface area contributed by atoms with Crippen molar-refractivity contribution in [3.63, 3.8) is 0 Å². The Labute approximate surface area is 186 Å². The van der Waals surface area contributed by atoms with Crippen LogP contribution < -0.4 is 20.3 Å². The third-order valence-electron chi connectivity index (χ3n) is 4.92. The van der Waals surface area contributed by atoms with Crippen molar-refractivity contribution in [1.82, 2.24) is 14.5 Å². The lowest BCUT2D eigenvalue weighted by molar-refractivity contribution is -0.115. The number of methoxy groups -OCH3 is 2. The van der Waals surface area contributed by atoms with Crippen molar-refractivity contribution in [2.45, 2.75) is 6.18 Å². The molecule has 0 atom stereocenters. The molecule has 0 amide bonds. The highest BCUT2D eigenvalue weighted by atomic mass is 19.4. The summed E-state index contributed by atoms with van der Waals surface area (Å²) in [6.45, 7) is -1.30. The van der Waals surface area contributed by atoms with Crippen molar-refractivity contribution in [1.29, 1.82) is 0 Å². The van der Waals surface area contributed by atoms with Crippen LogP contribution in [0.25, 0.3) is 27.8 Å². The minimum absolute atomic E-state index is 0.169. The summed E-state index contributed by atoms with van der Waals surface area (Å²) in [6, 6.07) is 15.3. The van der Waals surface area contributed by atoms with Gasteiger partial charge in [-0.3, -0.25) is 9.36 Å². The Kier molecular flexibility index (Phi) is 5.91. The SMILES string of the molecule is COc1ccc(-c2cc3cnc(NCC(F)(F)F)nc3n(-c3ccc(OC)cc3)c2=O)cc1. The molecule has 170 valence electrons. The molecule has 0 spiro atoms. The van der Waals surface area contributed by atoms with Crippen LogP contribution in [-0.2, 0) is 0 Å². The molecule has 33 heavy (non-hydrogen) atoms. The quantitative estimate of drug-likeness (QED) is 0.462. The molecule has 4 aromatic rings. The summed E-state index contributed by atoms with van der Waals surface area (Å²) in [7, 11) is 3.07. The zero-order valence-electron chi connectivity index (χ0n) is 17.7. The van der Waals surface area contributed by atoms with Gasteiger partial charge in [0.25, 0.3) is 5.56 Å². The summed E-state index contributed by atoms with van der Waals surface area (Å²) in [4.78, 5) is 21.8. The van der Waals surface area contributed by atoms with Gasteiger partial charge in [-0.25, -0.2) is 4.98 Å². The number of benzene rings is 2. The van der Waals surface area contributed by atoms with E-state index in [9.17, 15) is 18.0 Å². The molecule has 0 aliphatic carbocycles. The van der Waals surface area contributed by atoms with Crippen LogP contribution in [0.3, 0.4) is 0 Å². The standard InChI is InChI=1S/C23H19F3N4O3/c1-32-17-7-3-14(4-8-17)19-11-15-12-27-22(28-13-23(24,25)26)29-20(15)30(21(19)31)16-5-9-18(33-2)10-6-16/h3-12H,13H2,1-2H3,(H,27,28,29). The molecular weight excluding hydrogens is 437 g/mol. The minimum atomic E-state index is -4.44. The maximum absolute atomic E-state index is 13.6. The number of rotatable bonds is 6. The number of hydrogen-bond acceptors (Lipinski definition) is 6.